The van der Waals surface area contributed by atoms with Gasteiger partial charge in [0, 0.05) is 24.0 Å². The Morgan fingerprint density at radius 3 is 2.58 bits per heavy atom. The Labute approximate surface area is 187 Å². The molecule has 1 aromatic carbocycles. The maximum absolute atomic E-state index is 13.5. The van der Waals surface area contributed by atoms with Gasteiger partial charge in [-0.2, -0.15) is 5.10 Å². The summed E-state index contributed by atoms with van der Waals surface area (Å²) < 4.78 is 28.4. The summed E-state index contributed by atoms with van der Waals surface area (Å²) in [6.45, 7) is 2.07. The molecule has 0 spiro atoms. The van der Waals surface area contributed by atoms with E-state index in [0.29, 0.717) is 43.5 Å². The number of amides is 2. The smallest absolute Gasteiger partial charge is 0.293 e. The molecule has 2 heterocycles. The number of hydrogen-bond acceptors (Lipinski definition) is 5. The number of nitrogens with zero attached hydrogens (tertiary/aromatic N) is 2. The van der Waals surface area contributed by atoms with E-state index in [1.54, 1.807) is 11.5 Å². The second-order valence-corrected chi connectivity index (χ2v) is 8.18. The maximum Gasteiger partial charge on any atom is 0.293 e. The number of carbonyl (C=O) groups is 3. The van der Waals surface area contributed by atoms with Gasteiger partial charge in [-0.1, -0.05) is 0 Å². The van der Waals surface area contributed by atoms with E-state index < -0.39 is 34.8 Å². The quantitative estimate of drug-likeness (QED) is 0.155. The lowest BCUT2D eigenvalue weighted by atomic mass is 10.0. The first kappa shape index (κ1) is 22.3. The molecule has 0 atom stereocenters. The summed E-state index contributed by atoms with van der Waals surface area (Å²) in [5, 5.41) is 14.3. The van der Waals surface area contributed by atoms with Gasteiger partial charge in [0.05, 0.1) is 11.1 Å². The number of Topliss-reactive ketones (excluding diaryl/α,β-unsaturated/α-hetero) is 1. The van der Waals surface area contributed by atoms with Crippen LogP contribution in [0.15, 0.2) is 23.3 Å². The molecule has 172 valence electrons. The van der Waals surface area contributed by atoms with Gasteiger partial charge in [-0.05, 0) is 50.3 Å². The second-order valence-electron chi connectivity index (χ2n) is 8.18. The van der Waals surface area contributed by atoms with Crippen molar-refractivity contribution in [3.05, 3.63) is 52.3 Å². The van der Waals surface area contributed by atoms with Gasteiger partial charge in [-0.15, -0.1) is 0 Å². The van der Waals surface area contributed by atoms with Crippen molar-refractivity contribution in [2.45, 2.75) is 44.7 Å². The molecule has 11 heteroatoms. The van der Waals surface area contributed by atoms with E-state index in [2.05, 4.69) is 15.7 Å². The van der Waals surface area contributed by atoms with E-state index in [1.807, 2.05) is 0 Å². The van der Waals surface area contributed by atoms with Gasteiger partial charge in [0.2, 0.25) is 0 Å². The number of ketones is 1. The van der Waals surface area contributed by atoms with E-state index in [1.165, 1.54) is 12.3 Å². The first-order valence-corrected chi connectivity index (χ1v) is 10.4. The number of halogens is 2. The van der Waals surface area contributed by atoms with Crippen molar-refractivity contribution in [3.63, 3.8) is 0 Å². The molecule has 1 aliphatic heterocycles. The Balaban J connectivity index is 1.63. The fraction of sp³-hybridized carbons (Fsp3) is 0.318. The lowest BCUT2D eigenvalue weighted by molar-refractivity contribution is -0.117. The van der Waals surface area contributed by atoms with Crippen molar-refractivity contribution in [3.8, 4) is 0 Å². The first-order valence-electron chi connectivity index (χ1n) is 10.4. The number of rotatable bonds is 7. The highest BCUT2D eigenvalue weighted by Gasteiger charge is 2.50. The van der Waals surface area contributed by atoms with Crippen LogP contribution in [0.25, 0.3) is 0 Å². The molecular formula is C22H23F2N6O3+. The third-order valence-electron chi connectivity index (χ3n) is 6.13. The van der Waals surface area contributed by atoms with E-state index >= 15 is 0 Å². The number of hydrogen-bond donors (Lipinski definition) is 4. The fourth-order valence-electron chi connectivity index (χ4n) is 4.36. The number of aromatic nitrogens is 1. The Bertz CT molecular complexity index is 1230. The van der Waals surface area contributed by atoms with Crippen LogP contribution in [0.5, 0.6) is 0 Å². The summed E-state index contributed by atoms with van der Waals surface area (Å²) in [5.41, 5.74) is 0.788. The summed E-state index contributed by atoms with van der Waals surface area (Å²) >= 11 is 0. The number of nitrogens with two attached hydrogens (primary N) is 2. The van der Waals surface area contributed by atoms with E-state index in [4.69, 9.17) is 11.3 Å². The van der Waals surface area contributed by atoms with Crippen LogP contribution in [0.1, 0.15) is 51.4 Å². The summed E-state index contributed by atoms with van der Waals surface area (Å²) in [6, 6.07) is 3.01. The minimum absolute atomic E-state index is 0.0692. The van der Waals surface area contributed by atoms with Crippen molar-refractivity contribution in [1.82, 2.24) is 9.88 Å². The molecule has 0 saturated heterocycles. The van der Waals surface area contributed by atoms with Crippen LogP contribution in [0.4, 0.5) is 14.5 Å². The summed E-state index contributed by atoms with van der Waals surface area (Å²) in [6.07, 6.45) is 3.50. The van der Waals surface area contributed by atoms with E-state index in [-0.39, 0.29) is 22.7 Å². The molecule has 1 saturated carbocycles. The van der Waals surface area contributed by atoms with Crippen molar-refractivity contribution in [2.75, 3.05) is 5.32 Å². The van der Waals surface area contributed by atoms with Gasteiger partial charge < -0.3 is 21.0 Å². The number of anilines is 1. The number of benzene rings is 1. The van der Waals surface area contributed by atoms with Gasteiger partial charge in [0.15, 0.2) is 17.8 Å². The Morgan fingerprint density at radius 1 is 1.24 bits per heavy atom. The highest BCUT2D eigenvalue weighted by molar-refractivity contribution is 6.45. The highest BCUT2D eigenvalue weighted by atomic mass is 19.2. The van der Waals surface area contributed by atoms with Crippen LogP contribution < -0.4 is 21.9 Å². The number of fused-ring (bicyclic) bond motifs is 1. The maximum atomic E-state index is 13.5. The molecule has 2 amide bonds. The monoisotopic (exact) mass is 457 g/mol. The SMILES string of the molecule is Cc1c(C(=O)C(=O)NC2(C(C=[NH2+])=NN)CC2)c2n(c1C(=O)Nc1ccc(F)c(F)c1)CCC2. The number of hydrazone groups is 1. The number of carbonyl (C=O) groups excluding carboxylic acids is 3. The zero-order chi connectivity index (χ0) is 23.9. The molecule has 1 aromatic heterocycles. The standard InChI is InChI=1S/C22H22F2N6O3/c1-11-17(19(31)21(33)28-22(6-7-22)16(10-25)29-26)15-3-2-8-30(15)18(11)20(32)27-12-4-5-13(23)14(24)9-12/h4-5,9-10,25H,2-3,6-8,26H2,1H3,(H,27,32)(H,28,33)/p+1. The minimum Gasteiger partial charge on any atom is -0.340 e. The van der Waals surface area contributed by atoms with Crippen LogP contribution in [-0.4, -0.2) is 39.6 Å². The summed E-state index contributed by atoms with van der Waals surface area (Å²) in [5.74, 6) is 1.01. The van der Waals surface area contributed by atoms with Crippen molar-refractivity contribution < 1.29 is 28.6 Å². The van der Waals surface area contributed by atoms with Crippen LogP contribution in [0, 0.1) is 18.6 Å². The van der Waals surface area contributed by atoms with Crippen LogP contribution >= 0.6 is 0 Å². The molecule has 9 nitrogen and oxygen atoms in total. The molecule has 2 aromatic rings. The lowest BCUT2D eigenvalue weighted by Gasteiger charge is -2.15. The molecule has 1 aliphatic carbocycles. The topological polar surface area (TPSA) is 144 Å². The van der Waals surface area contributed by atoms with Crippen molar-refractivity contribution in [2.24, 2.45) is 10.9 Å². The molecule has 0 unspecified atom stereocenters. The molecule has 0 bridgehead atoms. The van der Waals surface area contributed by atoms with Crippen LogP contribution in [0.2, 0.25) is 0 Å². The Kier molecular flexibility index (Phi) is 5.56. The molecule has 2 aliphatic rings. The largest absolute Gasteiger partial charge is 0.340 e. The third-order valence-corrected chi connectivity index (χ3v) is 6.13. The zero-order valence-electron chi connectivity index (χ0n) is 17.9. The average molecular weight is 457 g/mol. The predicted octanol–water partition coefficient (Wildman–Crippen LogP) is 0.249. The van der Waals surface area contributed by atoms with Gasteiger partial charge in [-0.25, -0.2) is 8.78 Å². The summed E-state index contributed by atoms with van der Waals surface area (Å²) in [7, 11) is 0. The van der Waals surface area contributed by atoms with Gasteiger partial charge in [0.25, 0.3) is 17.6 Å². The second kappa shape index (κ2) is 8.23. The Morgan fingerprint density at radius 2 is 1.97 bits per heavy atom. The Hall–Kier alpha value is -3.89. The molecule has 6 N–H and O–H groups in total. The highest BCUT2D eigenvalue weighted by Crippen LogP contribution is 2.37. The van der Waals surface area contributed by atoms with Crippen LogP contribution in [-0.2, 0) is 17.8 Å². The van der Waals surface area contributed by atoms with Gasteiger partial charge in [-0.3, -0.25) is 19.8 Å². The predicted molar refractivity (Wildman–Crippen MR) is 116 cm³/mol. The molecule has 33 heavy (non-hydrogen) atoms. The van der Waals surface area contributed by atoms with E-state index in [0.717, 1.165) is 12.1 Å². The zero-order valence-corrected chi connectivity index (χ0v) is 17.9. The molecular weight excluding hydrogens is 434 g/mol. The van der Waals surface area contributed by atoms with E-state index in [9.17, 15) is 23.2 Å². The summed E-state index contributed by atoms with van der Waals surface area (Å²) in [4.78, 5) is 39.0. The third kappa shape index (κ3) is 3.79. The van der Waals surface area contributed by atoms with Crippen molar-refractivity contribution >= 4 is 35.2 Å². The average Bonchev–Trinajstić information content (AvgIpc) is 3.28. The van der Waals surface area contributed by atoms with Crippen LogP contribution in [0.3, 0.4) is 0 Å². The van der Waals surface area contributed by atoms with Gasteiger partial charge >= 0.3 is 0 Å². The minimum atomic E-state index is -1.10. The molecule has 4 rings (SSSR count). The molecule has 0 radical (unpaired) electrons. The molecule has 1 fully saturated rings. The van der Waals surface area contributed by atoms with Gasteiger partial charge in [0.1, 0.15) is 11.4 Å². The first-order chi connectivity index (χ1) is 15.7. The normalized spacial score (nSPS) is 16.2. The van der Waals surface area contributed by atoms with Crippen molar-refractivity contribution in [1.29, 1.82) is 0 Å². The lowest BCUT2D eigenvalue weighted by Crippen LogP contribution is -2.51. The number of nitrogens with one attached hydrogen (secondary N) is 2. The fourth-order valence-corrected chi connectivity index (χ4v) is 4.36.